The van der Waals surface area contributed by atoms with Crippen LogP contribution >= 0.6 is 11.6 Å². The molecular formula is C9H15ClN2O3S. The van der Waals surface area contributed by atoms with Crippen molar-refractivity contribution in [3.05, 3.63) is 16.4 Å². The summed E-state index contributed by atoms with van der Waals surface area (Å²) in [6, 6.07) is 0. The molecule has 1 N–H and O–H groups in total. The molecule has 0 radical (unpaired) electrons. The number of rotatable bonds is 4. The highest BCUT2D eigenvalue weighted by Crippen LogP contribution is 2.20. The van der Waals surface area contributed by atoms with Crippen molar-refractivity contribution in [1.29, 1.82) is 0 Å². The Morgan fingerprint density at radius 1 is 1.56 bits per heavy atom. The summed E-state index contributed by atoms with van der Waals surface area (Å²) in [5.41, 5.74) is 1.32. The summed E-state index contributed by atoms with van der Waals surface area (Å²) in [6.45, 7) is 1.76. The molecular weight excluding hydrogens is 252 g/mol. The molecule has 0 spiro atoms. The molecule has 1 heterocycles. The van der Waals surface area contributed by atoms with E-state index in [9.17, 15) is 13.5 Å². The van der Waals surface area contributed by atoms with E-state index >= 15 is 0 Å². The van der Waals surface area contributed by atoms with Crippen molar-refractivity contribution in [2.45, 2.75) is 19.4 Å². The molecule has 0 aliphatic heterocycles. The van der Waals surface area contributed by atoms with E-state index in [0.717, 1.165) is 6.26 Å². The topological polar surface area (TPSA) is 72.2 Å². The zero-order valence-electron chi connectivity index (χ0n) is 9.44. The molecule has 0 aliphatic rings. The van der Waals surface area contributed by atoms with Gasteiger partial charge in [-0.2, -0.15) is 5.10 Å². The largest absolute Gasteiger partial charge is 0.392 e. The van der Waals surface area contributed by atoms with Crippen molar-refractivity contribution in [2.24, 2.45) is 7.05 Å². The minimum absolute atomic E-state index is 0.184. The van der Waals surface area contributed by atoms with Crippen LogP contribution in [-0.2, 0) is 23.3 Å². The number of aliphatic hydroxyl groups is 1. The zero-order valence-corrected chi connectivity index (χ0v) is 11.0. The van der Waals surface area contributed by atoms with Gasteiger partial charge in [0.15, 0.2) is 0 Å². The molecule has 1 unspecified atom stereocenters. The van der Waals surface area contributed by atoms with Gasteiger partial charge in [-0.05, 0) is 6.92 Å². The van der Waals surface area contributed by atoms with Crippen molar-refractivity contribution >= 4 is 21.4 Å². The van der Waals surface area contributed by atoms with Crippen LogP contribution in [0.2, 0.25) is 5.02 Å². The maximum atomic E-state index is 11.0. The lowest BCUT2D eigenvalue weighted by Crippen LogP contribution is -2.23. The number of halogens is 1. The minimum Gasteiger partial charge on any atom is -0.392 e. The van der Waals surface area contributed by atoms with Gasteiger partial charge in [0.25, 0.3) is 0 Å². The standard InChI is InChI=1S/C9H15ClN2O3S/c1-6-9(10)8(12(2)11-6)4-7(13)5-16(3,14)15/h7,13H,4-5H2,1-3H3. The van der Waals surface area contributed by atoms with Gasteiger partial charge in [-0.15, -0.1) is 0 Å². The molecule has 1 rings (SSSR count). The normalized spacial score (nSPS) is 14.1. The maximum absolute atomic E-state index is 11.0. The van der Waals surface area contributed by atoms with E-state index in [1.807, 2.05) is 0 Å². The van der Waals surface area contributed by atoms with Crippen LogP contribution in [0.15, 0.2) is 0 Å². The summed E-state index contributed by atoms with van der Waals surface area (Å²) < 4.78 is 23.5. The third-order valence-corrected chi connectivity index (χ3v) is 3.67. The number of aliphatic hydroxyl groups excluding tert-OH is 1. The van der Waals surface area contributed by atoms with Crippen molar-refractivity contribution in [1.82, 2.24) is 9.78 Å². The first-order valence-electron chi connectivity index (χ1n) is 4.74. The van der Waals surface area contributed by atoms with Crippen LogP contribution < -0.4 is 0 Å². The Hall–Kier alpha value is -0.590. The number of aryl methyl sites for hydroxylation is 2. The van der Waals surface area contributed by atoms with E-state index in [-0.39, 0.29) is 12.2 Å². The number of aromatic nitrogens is 2. The molecule has 0 saturated carbocycles. The number of sulfone groups is 1. The van der Waals surface area contributed by atoms with E-state index in [2.05, 4.69) is 5.10 Å². The summed E-state index contributed by atoms with van der Waals surface area (Å²) in [5, 5.41) is 14.2. The molecule has 92 valence electrons. The van der Waals surface area contributed by atoms with Gasteiger partial charge in [0, 0.05) is 19.7 Å². The third-order valence-electron chi connectivity index (χ3n) is 2.19. The molecule has 16 heavy (non-hydrogen) atoms. The summed E-state index contributed by atoms with van der Waals surface area (Å²) in [5.74, 6) is -0.270. The molecule has 1 aromatic heterocycles. The average Bonchev–Trinajstić information content (AvgIpc) is 2.29. The second-order valence-electron chi connectivity index (χ2n) is 3.92. The smallest absolute Gasteiger partial charge is 0.150 e. The van der Waals surface area contributed by atoms with Crippen LogP contribution in [0.3, 0.4) is 0 Å². The van der Waals surface area contributed by atoms with Gasteiger partial charge in [0.2, 0.25) is 0 Å². The fourth-order valence-electron chi connectivity index (χ4n) is 1.53. The minimum atomic E-state index is -3.19. The lowest BCUT2D eigenvalue weighted by molar-refractivity contribution is 0.195. The van der Waals surface area contributed by atoms with Gasteiger partial charge in [0.1, 0.15) is 9.84 Å². The molecule has 0 saturated heterocycles. The number of hydrogen-bond donors (Lipinski definition) is 1. The molecule has 1 aromatic rings. The summed E-state index contributed by atoms with van der Waals surface area (Å²) >= 11 is 5.99. The van der Waals surface area contributed by atoms with Gasteiger partial charge in [-0.1, -0.05) is 11.6 Å². The summed E-state index contributed by atoms with van der Waals surface area (Å²) in [7, 11) is -1.48. The molecule has 0 amide bonds. The van der Waals surface area contributed by atoms with Crippen LogP contribution in [0.4, 0.5) is 0 Å². The Morgan fingerprint density at radius 2 is 2.12 bits per heavy atom. The average molecular weight is 267 g/mol. The molecule has 0 fully saturated rings. The summed E-state index contributed by atoms with van der Waals surface area (Å²) in [4.78, 5) is 0. The predicted molar refractivity (Wildman–Crippen MR) is 62.4 cm³/mol. The quantitative estimate of drug-likeness (QED) is 0.853. The highest BCUT2D eigenvalue weighted by Gasteiger charge is 2.18. The van der Waals surface area contributed by atoms with E-state index in [0.29, 0.717) is 16.4 Å². The van der Waals surface area contributed by atoms with Gasteiger partial charge in [-0.3, -0.25) is 4.68 Å². The first-order chi connectivity index (χ1) is 7.20. The Labute approximate surface area is 100.0 Å². The third kappa shape index (κ3) is 3.47. The molecule has 7 heteroatoms. The molecule has 5 nitrogen and oxygen atoms in total. The van der Waals surface area contributed by atoms with Crippen LogP contribution in [0, 0.1) is 6.92 Å². The Balaban J connectivity index is 2.81. The van der Waals surface area contributed by atoms with Crippen molar-refractivity contribution in [3.8, 4) is 0 Å². The number of hydrogen-bond acceptors (Lipinski definition) is 4. The van der Waals surface area contributed by atoms with Crippen molar-refractivity contribution < 1.29 is 13.5 Å². The molecule has 0 aromatic carbocycles. The predicted octanol–water partition coefficient (Wildman–Crippen LogP) is 0.330. The first kappa shape index (κ1) is 13.5. The Morgan fingerprint density at radius 3 is 2.50 bits per heavy atom. The Kier molecular flexibility index (Phi) is 3.98. The summed E-state index contributed by atoms with van der Waals surface area (Å²) in [6.07, 6.45) is 0.317. The highest BCUT2D eigenvalue weighted by molar-refractivity contribution is 7.90. The van der Waals surface area contributed by atoms with Gasteiger partial charge in [-0.25, -0.2) is 8.42 Å². The van der Waals surface area contributed by atoms with E-state index < -0.39 is 15.9 Å². The highest BCUT2D eigenvalue weighted by atomic mass is 35.5. The second-order valence-corrected chi connectivity index (χ2v) is 6.48. The zero-order chi connectivity index (χ0) is 12.5. The number of nitrogens with zero attached hydrogens (tertiary/aromatic N) is 2. The molecule has 1 atom stereocenters. The molecule has 0 bridgehead atoms. The monoisotopic (exact) mass is 266 g/mol. The SMILES string of the molecule is Cc1nn(C)c(CC(O)CS(C)(=O)=O)c1Cl. The van der Waals surface area contributed by atoms with E-state index in [4.69, 9.17) is 11.6 Å². The fraction of sp³-hybridized carbons (Fsp3) is 0.667. The van der Waals surface area contributed by atoms with Gasteiger partial charge >= 0.3 is 0 Å². The molecule has 0 aliphatic carbocycles. The lowest BCUT2D eigenvalue weighted by Gasteiger charge is -2.09. The van der Waals surface area contributed by atoms with Crippen LogP contribution in [-0.4, -0.2) is 41.4 Å². The van der Waals surface area contributed by atoms with E-state index in [1.54, 1.807) is 18.7 Å². The fourth-order valence-corrected chi connectivity index (χ4v) is 2.59. The lowest BCUT2D eigenvalue weighted by atomic mass is 10.2. The second kappa shape index (κ2) is 4.73. The van der Waals surface area contributed by atoms with E-state index in [1.165, 1.54) is 0 Å². The van der Waals surface area contributed by atoms with Crippen molar-refractivity contribution in [2.75, 3.05) is 12.0 Å². The van der Waals surface area contributed by atoms with Crippen LogP contribution in [0.25, 0.3) is 0 Å². The first-order valence-corrected chi connectivity index (χ1v) is 7.18. The maximum Gasteiger partial charge on any atom is 0.150 e. The Bertz CT molecular complexity index is 481. The van der Waals surface area contributed by atoms with Gasteiger partial charge < -0.3 is 5.11 Å². The van der Waals surface area contributed by atoms with Crippen LogP contribution in [0.1, 0.15) is 11.4 Å². The van der Waals surface area contributed by atoms with Gasteiger partial charge in [0.05, 0.1) is 28.3 Å². The van der Waals surface area contributed by atoms with Crippen LogP contribution in [0.5, 0.6) is 0 Å². The van der Waals surface area contributed by atoms with Crippen molar-refractivity contribution in [3.63, 3.8) is 0 Å².